The number of hydrogen-bond acceptors (Lipinski definition) is 3. The van der Waals surface area contributed by atoms with Crippen molar-refractivity contribution in [1.29, 1.82) is 0 Å². The highest BCUT2D eigenvalue weighted by Gasteiger charge is 2.30. The van der Waals surface area contributed by atoms with Crippen molar-refractivity contribution in [2.24, 2.45) is 0 Å². The summed E-state index contributed by atoms with van der Waals surface area (Å²) < 4.78 is 28.5. The lowest BCUT2D eigenvalue weighted by atomic mass is 10.0. The minimum Gasteiger partial charge on any atom is -0.435 e. The van der Waals surface area contributed by atoms with Crippen molar-refractivity contribution in [1.82, 2.24) is 10.6 Å². The van der Waals surface area contributed by atoms with Gasteiger partial charge in [0.1, 0.15) is 5.75 Å². The van der Waals surface area contributed by atoms with Gasteiger partial charge < -0.3 is 15.4 Å². The number of carbonyl (C=O) groups excluding carboxylic acids is 1. The van der Waals surface area contributed by atoms with Crippen molar-refractivity contribution in [3.8, 4) is 5.75 Å². The zero-order valence-electron chi connectivity index (χ0n) is 10.6. The minimum atomic E-state index is -2.89. The normalized spacial score (nSPS) is 22.5. The first-order chi connectivity index (χ1) is 8.98. The monoisotopic (exact) mass is 270 g/mol. The Balaban J connectivity index is 2.06. The third-order valence-corrected chi connectivity index (χ3v) is 3.11. The van der Waals surface area contributed by atoms with Gasteiger partial charge in [-0.25, -0.2) is 0 Å². The van der Waals surface area contributed by atoms with Gasteiger partial charge in [-0.05, 0) is 38.1 Å². The molecule has 1 amide bonds. The number of carbonyl (C=O) groups is 1. The fourth-order valence-corrected chi connectivity index (χ4v) is 2.08. The Bertz CT molecular complexity index is 460. The molecule has 1 aromatic rings. The van der Waals surface area contributed by atoms with Gasteiger partial charge in [0, 0.05) is 12.1 Å². The van der Waals surface area contributed by atoms with E-state index in [9.17, 15) is 13.6 Å². The SMILES string of the molecule is CC1(NC(=O)c2cccc(OC(F)F)c2)CCNC1. The van der Waals surface area contributed by atoms with E-state index in [2.05, 4.69) is 15.4 Å². The van der Waals surface area contributed by atoms with Crippen LogP contribution < -0.4 is 15.4 Å². The Hall–Kier alpha value is -1.69. The lowest BCUT2D eigenvalue weighted by Gasteiger charge is -2.24. The van der Waals surface area contributed by atoms with Crippen LogP contribution in [0, 0.1) is 0 Å². The summed E-state index contributed by atoms with van der Waals surface area (Å²) in [4.78, 5) is 12.1. The number of halogens is 2. The average molecular weight is 270 g/mol. The van der Waals surface area contributed by atoms with E-state index in [0.29, 0.717) is 12.1 Å². The molecule has 2 rings (SSSR count). The Morgan fingerprint density at radius 2 is 2.32 bits per heavy atom. The van der Waals surface area contributed by atoms with Crippen LogP contribution in [0.4, 0.5) is 8.78 Å². The number of nitrogens with one attached hydrogen (secondary N) is 2. The van der Waals surface area contributed by atoms with Gasteiger partial charge in [-0.15, -0.1) is 0 Å². The predicted molar refractivity (Wildman–Crippen MR) is 66.4 cm³/mol. The molecule has 2 N–H and O–H groups in total. The van der Waals surface area contributed by atoms with Crippen LogP contribution in [0.25, 0.3) is 0 Å². The molecule has 104 valence electrons. The lowest BCUT2D eigenvalue weighted by Crippen LogP contribution is -2.47. The maximum absolute atomic E-state index is 12.1. The molecule has 1 aliphatic rings. The van der Waals surface area contributed by atoms with E-state index < -0.39 is 6.61 Å². The Labute approximate surface area is 110 Å². The van der Waals surface area contributed by atoms with Crippen molar-refractivity contribution in [2.45, 2.75) is 25.5 Å². The highest BCUT2D eigenvalue weighted by molar-refractivity contribution is 5.95. The second-order valence-electron chi connectivity index (χ2n) is 4.85. The molecule has 0 aromatic heterocycles. The molecule has 1 atom stereocenters. The molecule has 1 unspecified atom stereocenters. The Morgan fingerprint density at radius 3 is 2.95 bits per heavy atom. The molecule has 0 bridgehead atoms. The van der Waals surface area contributed by atoms with E-state index in [0.717, 1.165) is 13.0 Å². The van der Waals surface area contributed by atoms with Crippen LogP contribution in [0.1, 0.15) is 23.7 Å². The highest BCUT2D eigenvalue weighted by Crippen LogP contribution is 2.18. The summed E-state index contributed by atoms with van der Waals surface area (Å²) in [6, 6.07) is 5.79. The maximum Gasteiger partial charge on any atom is 0.387 e. The summed E-state index contributed by atoms with van der Waals surface area (Å²) in [5.41, 5.74) is 0.0164. The van der Waals surface area contributed by atoms with Crippen LogP contribution in [0.3, 0.4) is 0 Å². The van der Waals surface area contributed by atoms with Crippen molar-refractivity contribution >= 4 is 5.91 Å². The van der Waals surface area contributed by atoms with Gasteiger partial charge in [-0.2, -0.15) is 8.78 Å². The molecule has 19 heavy (non-hydrogen) atoms. The van der Waals surface area contributed by atoms with E-state index in [1.807, 2.05) is 6.92 Å². The van der Waals surface area contributed by atoms with Crippen LogP contribution in [0.5, 0.6) is 5.75 Å². The third-order valence-electron chi connectivity index (χ3n) is 3.11. The third kappa shape index (κ3) is 3.64. The number of hydrogen-bond donors (Lipinski definition) is 2. The summed E-state index contributed by atoms with van der Waals surface area (Å²) in [6.07, 6.45) is 0.839. The van der Waals surface area contributed by atoms with Gasteiger partial charge in [0.2, 0.25) is 0 Å². The number of rotatable bonds is 4. The van der Waals surface area contributed by atoms with E-state index in [-0.39, 0.29) is 17.2 Å². The summed E-state index contributed by atoms with van der Waals surface area (Å²) in [7, 11) is 0. The van der Waals surface area contributed by atoms with E-state index in [1.54, 1.807) is 6.07 Å². The largest absolute Gasteiger partial charge is 0.435 e. The molecule has 1 aliphatic heterocycles. The van der Waals surface area contributed by atoms with Crippen LogP contribution in [0.2, 0.25) is 0 Å². The fraction of sp³-hybridized carbons (Fsp3) is 0.462. The van der Waals surface area contributed by atoms with Gasteiger partial charge in [0.15, 0.2) is 0 Å². The number of benzene rings is 1. The van der Waals surface area contributed by atoms with Crippen LogP contribution in [0.15, 0.2) is 24.3 Å². The number of ether oxygens (including phenoxy) is 1. The molecule has 0 radical (unpaired) electrons. The van der Waals surface area contributed by atoms with Crippen molar-refractivity contribution < 1.29 is 18.3 Å². The first-order valence-corrected chi connectivity index (χ1v) is 6.07. The first-order valence-electron chi connectivity index (χ1n) is 6.07. The van der Waals surface area contributed by atoms with E-state index in [4.69, 9.17) is 0 Å². The Kier molecular flexibility index (Phi) is 3.99. The average Bonchev–Trinajstić information content (AvgIpc) is 2.75. The van der Waals surface area contributed by atoms with Crippen molar-refractivity contribution in [3.63, 3.8) is 0 Å². The van der Waals surface area contributed by atoms with Gasteiger partial charge in [-0.3, -0.25) is 4.79 Å². The van der Waals surface area contributed by atoms with Crippen molar-refractivity contribution in [3.05, 3.63) is 29.8 Å². The minimum absolute atomic E-state index is 0.0163. The number of alkyl halides is 2. The second-order valence-corrected chi connectivity index (χ2v) is 4.85. The molecular formula is C13H16F2N2O2. The summed E-state index contributed by atoms with van der Waals surface area (Å²) >= 11 is 0. The van der Waals surface area contributed by atoms with Crippen molar-refractivity contribution in [2.75, 3.05) is 13.1 Å². The molecule has 0 aliphatic carbocycles. The van der Waals surface area contributed by atoms with Gasteiger partial charge in [0.05, 0.1) is 5.54 Å². The topological polar surface area (TPSA) is 50.4 Å². The molecule has 1 fully saturated rings. The fourth-order valence-electron chi connectivity index (χ4n) is 2.08. The van der Waals surface area contributed by atoms with Gasteiger partial charge in [0.25, 0.3) is 5.91 Å². The summed E-state index contributed by atoms with van der Waals surface area (Å²) in [5.74, 6) is -0.303. The predicted octanol–water partition coefficient (Wildman–Crippen LogP) is 1.77. The molecule has 1 heterocycles. The van der Waals surface area contributed by atoms with Crippen LogP contribution in [-0.4, -0.2) is 31.1 Å². The molecular weight excluding hydrogens is 254 g/mol. The van der Waals surface area contributed by atoms with Crippen LogP contribution >= 0.6 is 0 Å². The quantitative estimate of drug-likeness (QED) is 0.876. The molecule has 1 aromatic carbocycles. The lowest BCUT2D eigenvalue weighted by molar-refractivity contribution is -0.0498. The second kappa shape index (κ2) is 5.52. The molecule has 4 nitrogen and oxygen atoms in total. The summed E-state index contributed by atoms with van der Waals surface area (Å²) in [6.45, 7) is 0.608. The molecule has 0 spiro atoms. The van der Waals surface area contributed by atoms with E-state index in [1.165, 1.54) is 18.2 Å². The van der Waals surface area contributed by atoms with Gasteiger partial charge >= 0.3 is 6.61 Å². The molecule has 1 saturated heterocycles. The smallest absolute Gasteiger partial charge is 0.387 e. The summed E-state index contributed by atoms with van der Waals surface area (Å²) in [5, 5.41) is 6.08. The molecule has 6 heteroatoms. The maximum atomic E-state index is 12.1. The molecule has 0 saturated carbocycles. The zero-order chi connectivity index (χ0) is 13.9. The number of amides is 1. The van der Waals surface area contributed by atoms with Gasteiger partial charge in [-0.1, -0.05) is 6.07 Å². The standard InChI is InChI=1S/C13H16F2N2O2/c1-13(5-6-16-8-13)17-11(18)9-3-2-4-10(7-9)19-12(14)15/h2-4,7,12,16H,5-6,8H2,1H3,(H,17,18). The highest BCUT2D eigenvalue weighted by atomic mass is 19.3. The first kappa shape index (κ1) is 13.7. The van der Waals surface area contributed by atoms with E-state index >= 15 is 0 Å². The zero-order valence-corrected chi connectivity index (χ0v) is 10.6. The van der Waals surface area contributed by atoms with Crippen LogP contribution in [-0.2, 0) is 0 Å². The Morgan fingerprint density at radius 1 is 1.53 bits per heavy atom.